The van der Waals surface area contributed by atoms with E-state index < -0.39 is 42.4 Å². The van der Waals surface area contributed by atoms with Crippen LogP contribution in [0.25, 0.3) is 0 Å². The summed E-state index contributed by atoms with van der Waals surface area (Å²) in [5, 5.41) is 21.4. The van der Waals surface area contributed by atoms with E-state index in [2.05, 4.69) is 29.0 Å². The normalized spacial score (nSPS) is 11.9. The molecule has 0 aliphatic heterocycles. The summed E-state index contributed by atoms with van der Waals surface area (Å²) in [6, 6.07) is -2.15. The van der Waals surface area contributed by atoms with Crippen molar-refractivity contribution in [3.63, 3.8) is 0 Å². The number of carboxylic acid groups (broad SMARTS) is 2. The number of rotatable bonds is 9. The van der Waals surface area contributed by atoms with Crippen LogP contribution in [0.1, 0.15) is 12.8 Å². The van der Waals surface area contributed by atoms with Crippen LogP contribution in [0, 0.1) is 0 Å². The third kappa shape index (κ3) is 13.1. The highest BCUT2D eigenvalue weighted by Crippen LogP contribution is 1.97. The van der Waals surface area contributed by atoms with E-state index in [4.69, 9.17) is 20.7 Å². The van der Waals surface area contributed by atoms with Crippen molar-refractivity contribution < 1.29 is 34.2 Å². The zero-order valence-electron chi connectivity index (χ0n) is 12.1. The molecule has 3 amide bonds. The van der Waals surface area contributed by atoms with Crippen LogP contribution in [0.15, 0.2) is 0 Å². The lowest BCUT2D eigenvalue weighted by molar-refractivity contribution is -0.139. The monoisotopic (exact) mass is 352 g/mol. The second-order valence-electron chi connectivity index (χ2n) is 4.03. The van der Waals surface area contributed by atoms with Gasteiger partial charge in [0.15, 0.2) is 0 Å². The van der Waals surface area contributed by atoms with E-state index in [9.17, 15) is 19.2 Å². The highest BCUT2D eigenvalue weighted by Gasteiger charge is 2.20. The molecular formula is C11H20N4O7S. The molecule has 0 radical (unpaired) electrons. The molecule has 0 aromatic carbocycles. The Bertz CT molecular complexity index is 433. The van der Waals surface area contributed by atoms with E-state index in [1.807, 2.05) is 0 Å². The van der Waals surface area contributed by atoms with Gasteiger partial charge >= 0.3 is 11.9 Å². The third-order valence-electron chi connectivity index (χ3n) is 2.25. The number of aliphatic carboxylic acids is 2. The summed E-state index contributed by atoms with van der Waals surface area (Å²) in [4.78, 5) is 52.3. The van der Waals surface area contributed by atoms with Gasteiger partial charge in [0.2, 0.25) is 18.2 Å². The van der Waals surface area contributed by atoms with Gasteiger partial charge in [-0.05, 0) is 6.42 Å². The van der Waals surface area contributed by atoms with Crippen LogP contribution in [-0.4, -0.2) is 64.8 Å². The fourth-order valence-electron chi connectivity index (χ4n) is 1.16. The minimum Gasteiger partial charge on any atom is -0.480 e. The first-order valence-electron chi connectivity index (χ1n) is 6.23. The zero-order valence-corrected chi connectivity index (χ0v) is 13.0. The lowest BCUT2D eigenvalue weighted by Crippen LogP contribution is -2.49. The summed E-state index contributed by atoms with van der Waals surface area (Å²) in [6.45, 7) is -0.567. The molecule has 11 nitrogen and oxygen atoms in total. The van der Waals surface area contributed by atoms with Crippen molar-refractivity contribution in [2.24, 2.45) is 11.5 Å². The summed E-state index contributed by atoms with van der Waals surface area (Å²) in [6.07, 6.45) is 0.0150. The maximum Gasteiger partial charge on any atom is 0.322 e. The molecule has 0 aliphatic rings. The highest BCUT2D eigenvalue weighted by atomic mass is 32.1. The molecule has 12 heteroatoms. The minimum absolute atomic E-state index is 0.0256. The standard InChI is InChI=1S/C10H17N3O6S.CH3NO/c11-5(10(18)19)1-2-7(14)13-6(4-20)9(17)12-3-8(15)16;2-1-3/h5-6,20H,1-4,11H2,(H,12,17)(H,13,14)(H,15,16)(H,18,19);1H,(H2,2,3)/t5-,6-;/m0./s1. The predicted molar refractivity (Wildman–Crippen MR) is 81.5 cm³/mol. The summed E-state index contributed by atoms with van der Waals surface area (Å²) < 4.78 is 0. The third-order valence-corrected chi connectivity index (χ3v) is 2.61. The molecule has 0 bridgehead atoms. The smallest absolute Gasteiger partial charge is 0.322 e. The number of amides is 3. The van der Waals surface area contributed by atoms with Gasteiger partial charge < -0.3 is 32.3 Å². The highest BCUT2D eigenvalue weighted by molar-refractivity contribution is 7.80. The molecular weight excluding hydrogens is 332 g/mol. The van der Waals surface area contributed by atoms with E-state index in [0.29, 0.717) is 0 Å². The molecule has 8 N–H and O–H groups in total. The molecule has 0 heterocycles. The number of hydrogen-bond donors (Lipinski definition) is 7. The van der Waals surface area contributed by atoms with Crippen LogP contribution in [0.4, 0.5) is 0 Å². The second-order valence-corrected chi connectivity index (χ2v) is 4.40. The van der Waals surface area contributed by atoms with Crippen LogP contribution < -0.4 is 22.1 Å². The van der Waals surface area contributed by atoms with Gasteiger partial charge in [-0.2, -0.15) is 12.6 Å². The van der Waals surface area contributed by atoms with Gasteiger partial charge in [-0.1, -0.05) is 0 Å². The number of nitrogens with one attached hydrogen (secondary N) is 2. The minimum atomic E-state index is -1.22. The quantitative estimate of drug-likeness (QED) is 0.167. The number of carboxylic acids is 2. The Balaban J connectivity index is 0. The number of carbonyl (C=O) groups is 5. The average molecular weight is 352 g/mol. The number of primary amides is 1. The second kappa shape index (κ2) is 13.3. The molecule has 0 unspecified atom stereocenters. The molecule has 0 spiro atoms. The van der Waals surface area contributed by atoms with Crippen molar-refractivity contribution in [1.29, 1.82) is 0 Å². The SMILES string of the molecule is NC=O.N[C@@H](CCC(=O)N[C@@H](CS)C(=O)NCC(=O)O)C(=O)O. The molecule has 0 aromatic rings. The van der Waals surface area contributed by atoms with Crippen LogP contribution in [-0.2, 0) is 24.0 Å². The zero-order chi connectivity index (χ0) is 18.4. The lowest BCUT2D eigenvalue weighted by atomic mass is 10.1. The van der Waals surface area contributed by atoms with Gasteiger partial charge in [-0.3, -0.25) is 24.0 Å². The molecule has 0 saturated carbocycles. The Morgan fingerprint density at radius 3 is 2.13 bits per heavy atom. The van der Waals surface area contributed by atoms with Crippen LogP contribution in [0.2, 0.25) is 0 Å². The van der Waals surface area contributed by atoms with E-state index in [1.165, 1.54) is 0 Å². The topological polar surface area (TPSA) is 202 Å². The Morgan fingerprint density at radius 2 is 1.74 bits per heavy atom. The Morgan fingerprint density at radius 1 is 1.22 bits per heavy atom. The van der Waals surface area contributed by atoms with Gasteiger partial charge in [0.25, 0.3) is 0 Å². The molecule has 0 rings (SSSR count). The first-order valence-corrected chi connectivity index (χ1v) is 6.86. The fraction of sp³-hybridized carbons (Fsp3) is 0.545. The largest absolute Gasteiger partial charge is 0.480 e. The van der Waals surface area contributed by atoms with Crippen molar-refractivity contribution in [2.75, 3.05) is 12.3 Å². The van der Waals surface area contributed by atoms with E-state index in [0.717, 1.165) is 0 Å². The van der Waals surface area contributed by atoms with Crippen LogP contribution in [0.5, 0.6) is 0 Å². The number of thiol groups is 1. The summed E-state index contributed by atoms with van der Waals surface area (Å²) >= 11 is 3.87. The molecule has 0 aliphatic carbocycles. The van der Waals surface area contributed by atoms with Gasteiger partial charge in [-0.15, -0.1) is 0 Å². The molecule has 0 fully saturated rings. The molecule has 23 heavy (non-hydrogen) atoms. The molecule has 132 valence electrons. The summed E-state index contributed by atoms with van der Waals surface area (Å²) in [5.74, 6) is -3.70. The van der Waals surface area contributed by atoms with Crippen molar-refractivity contribution in [3.05, 3.63) is 0 Å². The van der Waals surface area contributed by atoms with Gasteiger partial charge in [0, 0.05) is 12.2 Å². The van der Waals surface area contributed by atoms with Crippen molar-refractivity contribution in [1.82, 2.24) is 10.6 Å². The fourth-order valence-corrected chi connectivity index (χ4v) is 1.41. The van der Waals surface area contributed by atoms with E-state index >= 15 is 0 Å². The first kappa shape index (κ1) is 22.9. The first-order chi connectivity index (χ1) is 10.7. The molecule has 0 aromatic heterocycles. The lowest BCUT2D eigenvalue weighted by Gasteiger charge is -2.16. The van der Waals surface area contributed by atoms with Crippen LogP contribution in [0.3, 0.4) is 0 Å². The van der Waals surface area contributed by atoms with Gasteiger partial charge in [0.1, 0.15) is 18.6 Å². The van der Waals surface area contributed by atoms with Crippen LogP contribution >= 0.6 is 12.6 Å². The summed E-state index contributed by atoms with van der Waals surface area (Å²) in [7, 11) is 0. The van der Waals surface area contributed by atoms with Crippen molar-refractivity contribution in [2.45, 2.75) is 24.9 Å². The Hall–Kier alpha value is -2.34. The molecule has 2 atom stereocenters. The summed E-state index contributed by atoms with van der Waals surface area (Å²) in [5.41, 5.74) is 9.40. The predicted octanol–water partition coefficient (Wildman–Crippen LogP) is -3.10. The van der Waals surface area contributed by atoms with E-state index in [1.54, 1.807) is 0 Å². The van der Waals surface area contributed by atoms with Gasteiger partial charge in [-0.25, -0.2) is 0 Å². The van der Waals surface area contributed by atoms with Gasteiger partial charge in [0.05, 0.1) is 0 Å². The van der Waals surface area contributed by atoms with Crippen molar-refractivity contribution in [3.8, 4) is 0 Å². The van der Waals surface area contributed by atoms with Crippen molar-refractivity contribution >= 4 is 42.8 Å². The average Bonchev–Trinajstić information content (AvgIpc) is 2.48. The number of nitrogens with two attached hydrogens (primary N) is 2. The number of hydrogen-bond acceptors (Lipinski definition) is 7. The van der Waals surface area contributed by atoms with E-state index in [-0.39, 0.29) is 25.0 Å². The molecule has 0 saturated heterocycles. The Labute approximate surface area is 137 Å². The maximum absolute atomic E-state index is 11.5. The Kier molecular flexibility index (Phi) is 13.3. The maximum atomic E-state index is 11.5. The number of carbonyl (C=O) groups excluding carboxylic acids is 3.